The van der Waals surface area contributed by atoms with Gasteiger partial charge in [-0.15, -0.1) is 0 Å². The van der Waals surface area contributed by atoms with Gasteiger partial charge in [0.1, 0.15) is 0 Å². The van der Waals surface area contributed by atoms with Gasteiger partial charge in [-0.05, 0) is 38.1 Å². The predicted molar refractivity (Wildman–Crippen MR) is 74.4 cm³/mol. The van der Waals surface area contributed by atoms with Gasteiger partial charge in [-0.25, -0.2) is 0 Å². The molecule has 0 radical (unpaired) electrons. The van der Waals surface area contributed by atoms with Crippen LogP contribution in [0.1, 0.15) is 58.3 Å². The van der Waals surface area contributed by atoms with Crippen LogP contribution in [0.5, 0.6) is 0 Å². The highest BCUT2D eigenvalue weighted by atomic mass is 16.2. The van der Waals surface area contributed by atoms with Crippen LogP contribution in [0.15, 0.2) is 0 Å². The predicted octanol–water partition coefficient (Wildman–Crippen LogP) is 2.56. The molecular formula is C15H28N2O. The molecule has 3 nitrogen and oxygen atoms in total. The lowest BCUT2D eigenvalue weighted by Gasteiger charge is -2.35. The van der Waals surface area contributed by atoms with E-state index in [2.05, 4.69) is 12.2 Å². The SMILES string of the molecule is CC1CCCNC1C(=O)N(C)C1CCCCCC1. The molecule has 2 unspecified atom stereocenters. The summed E-state index contributed by atoms with van der Waals surface area (Å²) in [4.78, 5) is 14.6. The van der Waals surface area contributed by atoms with Crippen molar-refractivity contribution in [1.29, 1.82) is 0 Å². The minimum Gasteiger partial charge on any atom is -0.341 e. The van der Waals surface area contributed by atoms with E-state index < -0.39 is 0 Å². The van der Waals surface area contributed by atoms with Gasteiger partial charge in [0.15, 0.2) is 0 Å². The van der Waals surface area contributed by atoms with Gasteiger partial charge in [-0.1, -0.05) is 32.6 Å². The molecule has 1 aliphatic heterocycles. The maximum absolute atomic E-state index is 12.6. The molecule has 2 aliphatic rings. The minimum absolute atomic E-state index is 0.0620. The summed E-state index contributed by atoms with van der Waals surface area (Å²) in [7, 11) is 2.02. The van der Waals surface area contributed by atoms with E-state index in [0.717, 1.165) is 6.54 Å². The Morgan fingerprint density at radius 1 is 1.06 bits per heavy atom. The van der Waals surface area contributed by atoms with Gasteiger partial charge >= 0.3 is 0 Å². The molecule has 1 amide bonds. The number of carbonyl (C=O) groups is 1. The fourth-order valence-electron chi connectivity index (χ4n) is 3.42. The van der Waals surface area contributed by atoms with Gasteiger partial charge < -0.3 is 10.2 Å². The van der Waals surface area contributed by atoms with E-state index in [4.69, 9.17) is 0 Å². The highest BCUT2D eigenvalue weighted by molar-refractivity contribution is 5.82. The van der Waals surface area contributed by atoms with Crippen LogP contribution in [0.25, 0.3) is 0 Å². The topological polar surface area (TPSA) is 32.3 Å². The lowest BCUT2D eigenvalue weighted by atomic mass is 9.91. The standard InChI is InChI=1S/C15H28N2O/c1-12-8-7-11-16-14(12)15(18)17(2)13-9-5-3-4-6-10-13/h12-14,16H,3-11H2,1-2H3. The number of nitrogens with one attached hydrogen (secondary N) is 1. The fourth-order valence-corrected chi connectivity index (χ4v) is 3.42. The molecule has 1 heterocycles. The van der Waals surface area contributed by atoms with Crippen molar-refractivity contribution in [2.24, 2.45) is 5.92 Å². The second kappa shape index (κ2) is 6.55. The summed E-state index contributed by atoms with van der Waals surface area (Å²) in [5.41, 5.74) is 0. The van der Waals surface area contributed by atoms with Crippen molar-refractivity contribution in [3.05, 3.63) is 0 Å². The summed E-state index contributed by atoms with van der Waals surface area (Å²) in [5.74, 6) is 0.813. The smallest absolute Gasteiger partial charge is 0.239 e. The van der Waals surface area contributed by atoms with Gasteiger partial charge in [-0.3, -0.25) is 4.79 Å². The zero-order valence-electron chi connectivity index (χ0n) is 12.0. The van der Waals surface area contributed by atoms with Crippen molar-refractivity contribution >= 4 is 5.91 Å². The van der Waals surface area contributed by atoms with Crippen LogP contribution < -0.4 is 5.32 Å². The molecule has 18 heavy (non-hydrogen) atoms. The average molecular weight is 252 g/mol. The minimum atomic E-state index is 0.0620. The number of carbonyl (C=O) groups excluding carboxylic acids is 1. The van der Waals surface area contributed by atoms with Crippen molar-refractivity contribution < 1.29 is 4.79 Å². The summed E-state index contributed by atoms with van der Waals surface area (Å²) in [5, 5.41) is 3.41. The normalized spacial score (nSPS) is 30.8. The maximum Gasteiger partial charge on any atom is 0.239 e. The molecule has 0 bridgehead atoms. The zero-order valence-corrected chi connectivity index (χ0v) is 12.0. The van der Waals surface area contributed by atoms with E-state index in [-0.39, 0.29) is 6.04 Å². The Balaban J connectivity index is 1.93. The van der Waals surface area contributed by atoms with Crippen molar-refractivity contribution in [3.63, 3.8) is 0 Å². The Hall–Kier alpha value is -0.570. The molecule has 1 aliphatic carbocycles. The van der Waals surface area contributed by atoms with E-state index >= 15 is 0 Å². The molecule has 0 spiro atoms. The third-order valence-electron chi connectivity index (χ3n) is 4.76. The first-order valence-corrected chi connectivity index (χ1v) is 7.70. The van der Waals surface area contributed by atoms with Gasteiger partial charge in [0.25, 0.3) is 0 Å². The van der Waals surface area contributed by atoms with Gasteiger partial charge in [0.05, 0.1) is 6.04 Å². The maximum atomic E-state index is 12.6. The number of amides is 1. The number of nitrogens with zero attached hydrogens (tertiary/aromatic N) is 1. The first kappa shape index (κ1) is 13.9. The van der Waals surface area contributed by atoms with E-state index in [1.807, 2.05) is 11.9 Å². The molecule has 2 atom stereocenters. The Labute approximate surface area is 111 Å². The van der Waals surface area contributed by atoms with Crippen molar-refractivity contribution in [2.45, 2.75) is 70.4 Å². The van der Waals surface area contributed by atoms with Gasteiger partial charge in [-0.2, -0.15) is 0 Å². The first-order valence-electron chi connectivity index (χ1n) is 7.70. The molecule has 0 aromatic carbocycles. The summed E-state index contributed by atoms with van der Waals surface area (Å²) in [6, 6.07) is 0.544. The van der Waals surface area contributed by atoms with Crippen LogP contribution in [-0.2, 0) is 4.79 Å². The number of rotatable bonds is 2. The Bertz CT molecular complexity index is 272. The van der Waals surface area contributed by atoms with Crippen molar-refractivity contribution in [1.82, 2.24) is 10.2 Å². The summed E-state index contributed by atoms with van der Waals surface area (Å²) in [6.45, 7) is 3.20. The summed E-state index contributed by atoms with van der Waals surface area (Å²) < 4.78 is 0. The molecule has 3 heteroatoms. The van der Waals surface area contributed by atoms with Crippen molar-refractivity contribution in [2.75, 3.05) is 13.6 Å². The van der Waals surface area contributed by atoms with E-state index in [1.54, 1.807) is 0 Å². The monoisotopic (exact) mass is 252 g/mol. The second-order valence-electron chi connectivity index (χ2n) is 6.15. The third kappa shape index (κ3) is 3.25. The van der Waals surface area contributed by atoms with Gasteiger partial charge in [0.2, 0.25) is 5.91 Å². The lowest BCUT2D eigenvalue weighted by molar-refractivity contribution is -0.136. The van der Waals surface area contributed by atoms with E-state index in [9.17, 15) is 4.79 Å². The van der Waals surface area contributed by atoms with E-state index in [1.165, 1.54) is 51.4 Å². The summed E-state index contributed by atoms with van der Waals surface area (Å²) in [6.07, 6.45) is 10.0. The summed E-state index contributed by atoms with van der Waals surface area (Å²) >= 11 is 0. The molecule has 1 N–H and O–H groups in total. The van der Waals surface area contributed by atoms with Crippen LogP contribution in [0.4, 0.5) is 0 Å². The quantitative estimate of drug-likeness (QED) is 0.766. The highest BCUT2D eigenvalue weighted by Gasteiger charge is 2.32. The Kier molecular flexibility index (Phi) is 5.04. The lowest BCUT2D eigenvalue weighted by Crippen LogP contribution is -2.53. The second-order valence-corrected chi connectivity index (χ2v) is 6.15. The zero-order chi connectivity index (χ0) is 13.0. The van der Waals surface area contributed by atoms with E-state index in [0.29, 0.717) is 17.9 Å². The third-order valence-corrected chi connectivity index (χ3v) is 4.76. The number of likely N-dealkylation sites (N-methyl/N-ethyl adjacent to an activating group) is 1. The largest absolute Gasteiger partial charge is 0.341 e. The van der Waals surface area contributed by atoms with Crippen LogP contribution in [-0.4, -0.2) is 36.5 Å². The van der Waals surface area contributed by atoms with Crippen LogP contribution in [0, 0.1) is 5.92 Å². The molecular weight excluding hydrogens is 224 g/mol. The fraction of sp³-hybridized carbons (Fsp3) is 0.933. The Morgan fingerprint density at radius 3 is 2.33 bits per heavy atom. The number of hydrogen-bond acceptors (Lipinski definition) is 2. The molecule has 104 valence electrons. The molecule has 1 saturated heterocycles. The van der Waals surface area contributed by atoms with Gasteiger partial charge in [0, 0.05) is 13.1 Å². The van der Waals surface area contributed by atoms with Crippen LogP contribution in [0.3, 0.4) is 0 Å². The number of piperidine rings is 1. The highest BCUT2D eigenvalue weighted by Crippen LogP contribution is 2.23. The molecule has 0 aromatic heterocycles. The van der Waals surface area contributed by atoms with Crippen LogP contribution >= 0.6 is 0 Å². The first-order chi connectivity index (χ1) is 8.70. The molecule has 1 saturated carbocycles. The Morgan fingerprint density at radius 2 is 1.72 bits per heavy atom. The average Bonchev–Trinajstić information content (AvgIpc) is 2.66. The molecule has 2 rings (SSSR count). The van der Waals surface area contributed by atoms with Crippen LogP contribution in [0.2, 0.25) is 0 Å². The van der Waals surface area contributed by atoms with Crippen molar-refractivity contribution in [3.8, 4) is 0 Å². The molecule has 0 aromatic rings. The molecule has 2 fully saturated rings. The number of hydrogen-bond donors (Lipinski definition) is 1.